The Hall–Kier alpha value is -4.07. The number of amides is 1. The Bertz CT molecular complexity index is 1250. The number of anilines is 2. The van der Waals surface area contributed by atoms with Crippen LogP contribution < -0.4 is 19.9 Å². The Morgan fingerprint density at radius 3 is 2.52 bits per heavy atom. The summed E-state index contributed by atoms with van der Waals surface area (Å²) in [6.45, 7) is 3.56. The van der Waals surface area contributed by atoms with Gasteiger partial charge in [-0.1, -0.05) is 24.3 Å². The summed E-state index contributed by atoms with van der Waals surface area (Å²) in [5.74, 6) is 2.32. The van der Waals surface area contributed by atoms with Crippen molar-refractivity contribution in [2.75, 3.05) is 43.1 Å². The fourth-order valence-electron chi connectivity index (χ4n) is 4.13. The summed E-state index contributed by atoms with van der Waals surface area (Å²) in [6, 6.07) is 19.4. The van der Waals surface area contributed by atoms with E-state index in [1.54, 1.807) is 19.2 Å². The Balaban J connectivity index is 1.36. The lowest BCUT2D eigenvalue weighted by Gasteiger charge is -2.37. The number of furan rings is 1. The van der Waals surface area contributed by atoms with E-state index in [4.69, 9.17) is 14.1 Å². The van der Waals surface area contributed by atoms with Crippen molar-refractivity contribution in [3.8, 4) is 5.75 Å². The summed E-state index contributed by atoms with van der Waals surface area (Å²) in [5, 5.41) is 3.84. The summed E-state index contributed by atoms with van der Waals surface area (Å²) in [6.07, 6.45) is 1.48. The molecule has 1 amide bonds. The molecule has 1 aliphatic heterocycles. The third-order valence-corrected chi connectivity index (χ3v) is 5.79. The van der Waals surface area contributed by atoms with Crippen LogP contribution in [-0.4, -0.2) is 49.2 Å². The standard InChI is InChI=1S/C25H25N5O3/c1-32-21-10-5-4-9-20(21)29-12-14-30(15-13-29)24-18-7-2-3-8-19(18)27-23(28-24)17-26-25(31)22-11-6-16-33-22/h2-11,16H,12-15,17H2,1H3,(H,26,31). The molecule has 0 atom stereocenters. The molecule has 0 bridgehead atoms. The predicted molar refractivity (Wildman–Crippen MR) is 127 cm³/mol. The van der Waals surface area contributed by atoms with Crippen LogP contribution in [0, 0.1) is 0 Å². The number of para-hydroxylation sites is 3. The molecule has 1 saturated heterocycles. The van der Waals surface area contributed by atoms with Gasteiger partial charge in [-0.2, -0.15) is 0 Å². The minimum absolute atomic E-state index is 0.221. The van der Waals surface area contributed by atoms with E-state index in [0.717, 1.165) is 54.3 Å². The van der Waals surface area contributed by atoms with Gasteiger partial charge in [0.2, 0.25) is 0 Å². The Morgan fingerprint density at radius 1 is 0.970 bits per heavy atom. The number of carbonyl (C=O) groups is 1. The molecule has 0 spiro atoms. The number of nitrogens with one attached hydrogen (secondary N) is 1. The first kappa shape index (κ1) is 20.8. The molecule has 0 unspecified atom stereocenters. The molecule has 8 heteroatoms. The van der Waals surface area contributed by atoms with E-state index in [1.807, 2.05) is 42.5 Å². The molecule has 2 aromatic carbocycles. The number of rotatable bonds is 6. The number of hydrogen-bond donors (Lipinski definition) is 1. The van der Waals surface area contributed by atoms with Crippen molar-refractivity contribution in [2.45, 2.75) is 6.54 Å². The Kier molecular flexibility index (Phi) is 5.80. The maximum atomic E-state index is 12.3. The van der Waals surface area contributed by atoms with Gasteiger partial charge in [-0.25, -0.2) is 9.97 Å². The fourth-order valence-corrected chi connectivity index (χ4v) is 4.13. The first-order valence-corrected chi connectivity index (χ1v) is 10.9. The maximum absolute atomic E-state index is 12.3. The van der Waals surface area contributed by atoms with Crippen molar-refractivity contribution in [1.29, 1.82) is 0 Å². The lowest BCUT2D eigenvalue weighted by molar-refractivity contribution is 0.0922. The van der Waals surface area contributed by atoms with Gasteiger partial charge < -0.3 is 24.3 Å². The van der Waals surface area contributed by atoms with Crippen LogP contribution in [-0.2, 0) is 6.54 Å². The van der Waals surface area contributed by atoms with E-state index in [-0.39, 0.29) is 18.2 Å². The highest BCUT2D eigenvalue weighted by atomic mass is 16.5. The van der Waals surface area contributed by atoms with Crippen molar-refractivity contribution < 1.29 is 13.9 Å². The normalized spacial score (nSPS) is 13.8. The van der Waals surface area contributed by atoms with Gasteiger partial charge >= 0.3 is 0 Å². The molecule has 8 nitrogen and oxygen atoms in total. The summed E-state index contributed by atoms with van der Waals surface area (Å²) >= 11 is 0. The van der Waals surface area contributed by atoms with Gasteiger partial charge in [0.1, 0.15) is 11.6 Å². The summed E-state index contributed by atoms with van der Waals surface area (Å²) < 4.78 is 10.7. The molecule has 168 valence electrons. The molecule has 0 radical (unpaired) electrons. The number of piperazine rings is 1. The zero-order valence-electron chi connectivity index (χ0n) is 18.4. The molecule has 5 rings (SSSR count). The number of fused-ring (bicyclic) bond motifs is 1. The Morgan fingerprint density at radius 2 is 1.73 bits per heavy atom. The summed E-state index contributed by atoms with van der Waals surface area (Å²) in [4.78, 5) is 26.4. The van der Waals surface area contributed by atoms with Crippen LogP contribution in [0.5, 0.6) is 5.75 Å². The topological polar surface area (TPSA) is 83.7 Å². The number of benzene rings is 2. The number of methoxy groups -OCH3 is 1. The third-order valence-electron chi connectivity index (χ3n) is 5.79. The van der Waals surface area contributed by atoms with Crippen molar-refractivity contribution in [3.63, 3.8) is 0 Å². The zero-order valence-corrected chi connectivity index (χ0v) is 18.4. The molecule has 2 aromatic heterocycles. The van der Waals surface area contributed by atoms with Crippen LogP contribution in [0.3, 0.4) is 0 Å². The average molecular weight is 444 g/mol. The van der Waals surface area contributed by atoms with Crippen LogP contribution in [0.4, 0.5) is 11.5 Å². The second-order valence-corrected chi connectivity index (χ2v) is 7.79. The average Bonchev–Trinajstić information content (AvgIpc) is 3.42. The molecule has 0 saturated carbocycles. The largest absolute Gasteiger partial charge is 0.495 e. The van der Waals surface area contributed by atoms with Gasteiger partial charge in [0.05, 0.1) is 31.1 Å². The summed E-state index contributed by atoms with van der Waals surface area (Å²) in [5.41, 5.74) is 1.96. The van der Waals surface area contributed by atoms with E-state index >= 15 is 0 Å². The predicted octanol–water partition coefficient (Wildman–Crippen LogP) is 3.49. The minimum Gasteiger partial charge on any atom is -0.495 e. The monoisotopic (exact) mass is 443 g/mol. The first-order chi connectivity index (χ1) is 16.2. The molecule has 4 aromatic rings. The van der Waals surface area contributed by atoms with Gasteiger partial charge in [-0.15, -0.1) is 0 Å². The van der Waals surface area contributed by atoms with Gasteiger partial charge in [0, 0.05) is 31.6 Å². The van der Waals surface area contributed by atoms with Crippen LogP contribution >= 0.6 is 0 Å². The molecular weight excluding hydrogens is 418 g/mol. The molecule has 33 heavy (non-hydrogen) atoms. The highest BCUT2D eigenvalue weighted by Gasteiger charge is 2.23. The van der Waals surface area contributed by atoms with Crippen LogP contribution in [0.1, 0.15) is 16.4 Å². The fraction of sp³-hybridized carbons (Fsp3) is 0.240. The van der Waals surface area contributed by atoms with Gasteiger partial charge in [-0.3, -0.25) is 4.79 Å². The quantitative estimate of drug-likeness (QED) is 0.488. The van der Waals surface area contributed by atoms with Crippen molar-refractivity contribution in [2.24, 2.45) is 0 Å². The highest BCUT2D eigenvalue weighted by molar-refractivity contribution is 5.91. The van der Waals surface area contributed by atoms with E-state index in [1.165, 1.54) is 6.26 Å². The first-order valence-electron chi connectivity index (χ1n) is 10.9. The van der Waals surface area contributed by atoms with Crippen molar-refractivity contribution >= 4 is 28.3 Å². The zero-order chi connectivity index (χ0) is 22.6. The smallest absolute Gasteiger partial charge is 0.287 e. The van der Waals surface area contributed by atoms with Crippen molar-refractivity contribution in [3.05, 3.63) is 78.5 Å². The number of ether oxygens (including phenoxy) is 1. The second-order valence-electron chi connectivity index (χ2n) is 7.79. The van der Waals surface area contributed by atoms with E-state index in [9.17, 15) is 4.79 Å². The highest BCUT2D eigenvalue weighted by Crippen LogP contribution is 2.30. The number of carbonyl (C=O) groups excluding carboxylic acids is 1. The van der Waals surface area contributed by atoms with Gasteiger partial charge in [0.25, 0.3) is 5.91 Å². The summed E-state index contributed by atoms with van der Waals surface area (Å²) in [7, 11) is 1.70. The Labute approximate surface area is 191 Å². The number of nitrogens with zero attached hydrogens (tertiary/aromatic N) is 4. The number of hydrogen-bond acceptors (Lipinski definition) is 7. The molecule has 0 aliphatic carbocycles. The third kappa shape index (κ3) is 4.32. The van der Waals surface area contributed by atoms with E-state index < -0.39 is 0 Å². The molecule has 1 aliphatic rings. The van der Waals surface area contributed by atoms with Gasteiger partial charge in [0.15, 0.2) is 11.6 Å². The molecular formula is C25H25N5O3. The number of aromatic nitrogens is 2. The van der Waals surface area contributed by atoms with Crippen molar-refractivity contribution in [1.82, 2.24) is 15.3 Å². The van der Waals surface area contributed by atoms with E-state index in [2.05, 4.69) is 26.2 Å². The van der Waals surface area contributed by atoms with Crippen LogP contribution in [0.15, 0.2) is 71.3 Å². The molecule has 3 heterocycles. The van der Waals surface area contributed by atoms with Crippen LogP contribution in [0.25, 0.3) is 10.9 Å². The SMILES string of the molecule is COc1ccccc1N1CCN(c2nc(CNC(=O)c3ccco3)nc3ccccc23)CC1. The second kappa shape index (κ2) is 9.20. The minimum atomic E-state index is -0.288. The van der Waals surface area contributed by atoms with Crippen LogP contribution in [0.2, 0.25) is 0 Å². The lowest BCUT2D eigenvalue weighted by atomic mass is 10.2. The van der Waals surface area contributed by atoms with E-state index in [0.29, 0.717) is 5.82 Å². The molecule has 1 fully saturated rings. The maximum Gasteiger partial charge on any atom is 0.287 e. The molecule has 1 N–H and O–H groups in total. The van der Waals surface area contributed by atoms with Gasteiger partial charge in [-0.05, 0) is 36.4 Å². The lowest BCUT2D eigenvalue weighted by Crippen LogP contribution is -2.47.